The van der Waals surface area contributed by atoms with Gasteiger partial charge in [-0.25, -0.2) is 5.01 Å². The molecule has 0 aromatic heterocycles. The molecule has 3 heterocycles. The minimum atomic E-state index is -0.311. The lowest BCUT2D eigenvalue weighted by atomic mass is 9.86. The van der Waals surface area contributed by atoms with E-state index in [1.165, 1.54) is 6.42 Å². The quantitative estimate of drug-likeness (QED) is 0.791. The third kappa shape index (κ3) is 3.27. The van der Waals surface area contributed by atoms with Gasteiger partial charge in [0.1, 0.15) is 0 Å². The molecule has 2 atom stereocenters. The van der Waals surface area contributed by atoms with Crippen molar-refractivity contribution < 1.29 is 14.3 Å². The fourth-order valence-corrected chi connectivity index (χ4v) is 4.61. The Morgan fingerprint density at radius 3 is 2.55 bits per heavy atom. The summed E-state index contributed by atoms with van der Waals surface area (Å²) in [6, 6.07) is 15.7. The van der Waals surface area contributed by atoms with E-state index in [4.69, 9.17) is 9.47 Å². The maximum absolute atomic E-state index is 13.5. The summed E-state index contributed by atoms with van der Waals surface area (Å²) in [6.45, 7) is 4.19. The Bertz CT molecular complexity index is 938. The van der Waals surface area contributed by atoms with Gasteiger partial charge in [-0.05, 0) is 62.7 Å². The molecule has 1 fully saturated rings. The van der Waals surface area contributed by atoms with Gasteiger partial charge in [0.25, 0.3) is 5.91 Å². The van der Waals surface area contributed by atoms with Crippen LogP contribution in [0, 0.1) is 5.92 Å². The normalized spacial score (nSPS) is 22.7. The molecule has 1 saturated heterocycles. The van der Waals surface area contributed by atoms with Crippen LogP contribution < -0.4 is 14.5 Å². The van der Waals surface area contributed by atoms with Crippen molar-refractivity contribution in [2.75, 3.05) is 24.9 Å². The molecule has 6 heteroatoms. The highest BCUT2D eigenvalue weighted by molar-refractivity contribution is 6.15. The van der Waals surface area contributed by atoms with Gasteiger partial charge in [0.2, 0.25) is 6.79 Å². The predicted octanol–water partition coefficient (Wildman–Crippen LogP) is 3.98. The van der Waals surface area contributed by atoms with Gasteiger partial charge in [-0.1, -0.05) is 30.7 Å². The summed E-state index contributed by atoms with van der Waals surface area (Å²) in [5, 5.41) is 6.21. The van der Waals surface area contributed by atoms with Gasteiger partial charge in [-0.3, -0.25) is 9.69 Å². The highest BCUT2D eigenvalue weighted by Gasteiger charge is 2.43. The standard InChI is InChI=1S/C23H25N3O3/c1-16-21(23(27)26(24-16)18-8-4-2-5-9-18)22(25-12-6-3-7-13-25)17-10-11-19-20(14-17)29-15-28-19/h2,4-5,8-11,14,21-22H,3,6-7,12-13,15H2,1H3/t21-,22-/m1/s1. The first-order chi connectivity index (χ1) is 14.2. The fourth-order valence-electron chi connectivity index (χ4n) is 4.61. The molecule has 6 nitrogen and oxygen atoms in total. The molecule has 2 aromatic carbocycles. The summed E-state index contributed by atoms with van der Waals surface area (Å²) < 4.78 is 11.1. The number of rotatable bonds is 4. The van der Waals surface area contributed by atoms with E-state index in [-0.39, 0.29) is 24.7 Å². The summed E-state index contributed by atoms with van der Waals surface area (Å²) in [7, 11) is 0. The van der Waals surface area contributed by atoms with E-state index in [9.17, 15) is 4.79 Å². The maximum atomic E-state index is 13.5. The number of carbonyl (C=O) groups excluding carboxylic acids is 1. The van der Waals surface area contributed by atoms with Gasteiger partial charge < -0.3 is 9.47 Å². The highest BCUT2D eigenvalue weighted by Crippen LogP contribution is 2.41. The number of carbonyl (C=O) groups is 1. The van der Waals surface area contributed by atoms with E-state index in [2.05, 4.69) is 16.1 Å². The third-order valence-corrected chi connectivity index (χ3v) is 6.02. The minimum Gasteiger partial charge on any atom is -0.454 e. The second-order valence-electron chi connectivity index (χ2n) is 7.86. The number of hydrogen-bond acceptors (Lipinski definition) is 5. The van der Waals surface area contributed by atoms with Crippen molar-refractivity contribution in [2.45, 2.75) is 32.2 Å². The molecule has 29 heavy (non-hydrogen) atoms. The van der Waals surface area contributed by atoms with Crippen molar-refractivity contribution in [3.05, 3.63) is 54.1 Å². The first-order valence-electron chi connectivity index (χ1n) is 10.3. The topological polar surface area (TPSA) is 54.4 Å². The molecule has 0 saturated carbocycles. The number of ether oxygens (including phenoxy) is 2. The first-order valence-corrected chi connectivity index (χ1v) is 10.3. The number of hydrogen-bond donors (Lipinski definition) is 0. The number of amides is 1. The van der Waals surface area contributed by atoms with E-state index >= 15 is 0 Å². The SMILES string of the molecule is CC1=NN(c2ccccc2)C(=O)[C@H]1[C@@H](c1ccc2c(c1)OCO2)N1CCCCC1. The smallest absolute Gasteiger partial charge is 0.258 e. The van der Waals surface area contributed by atoms with E-state index in [1.54, 1.807) is 5.01 Å². The van der Waals surface area contributed by atoms with Crippen molar-refractivity contribution in [3.63, 3.8) is 0 Å². The Morgan fingerprint density at radius 1 is 1.00 bits per heavy atom. The van der Waals surface area contributed by atoms with Crippen LogP contribution in [0.4, 0.5) is 5.69 Å². The van der Waals surface area contributed by atoms with E-state index in [0.29, 0.717) is 0 Å². The number of anilines is 1. The molecule has 0 radical (unpaired) electrons. The number of benzene rings is 2. The summed E-state index contributed by atoms with van der Waals surface area (Å²) >= 11 is 0. The molecule has 0 spiro atoms. The molecule has 0 bridgehead atoms. The average Bonchev–Trinajstić information content (AvgIpc) is 3.35. The van der Waals surface area contributed by atoms with Crippen LogP contribution in [0.1, 0.15) is 37.8 Å². The lowest BCUT2D eigenvalue weighted by molar-refractivity contribution is -0.121. The second kappa shape index (κ2) is 7.52. The van der Waals surface area contributed by atoms with Gasteiger partial charge in [-0.2, -0.15) is 5.10 Å². The largest absolute Gasteiger partial charge is 0.454 e. The van der Waals surface area contributed by atoms with Crippen LogP contribution in [0.2, 0.25) is 0 Å². The molecule has 5 rings (SSSR count). The molecule has 150 valence electrons. The van der Waals surface area contributed by atoms with Gasteiger partial charge in [0.05, 0.1) is 23.4 Å². The zero-order valence-corrected chi connectivity index (χ0v) is 16.6. The zero-order valence-electron chi connectivity index (χ0n) is 16.6. The van der Waals surface area contributed by atoms with Crippen LogP contribution in [-0.2, 0) is 4.79 Å². The molecular formula is C23H25N3O3. The highest BCUT2D eigenvalue weighted by atomic mass is 16.7. The minimum absolute atomic E-state index is 0.0296. The third-order valence-electron chi connectivity index (χ3n) is 6.02. The molecule has 0 N–H and O–H groups in total. The predicted molar refractivity (Wildman–Crippen MR) is 111 cm³/mol. The van der Waals surface area contributed by atoms with Crippen molar-refractivity contribution in [1.29, 1.82) is 0 Å². The first kappa shape index (κ1) is 18.2. The summed E-state index contributed by atoms with van der Waals surface area (Å²) in [6.07, 6.45) is 3.55. The molecular weight excluding hydrogens is 366 g/mol. The molecule has 0 aliphatic carbocycles. The Morgan fingerprint density at radius 2 is 1.76 bits per heavy atom. The molecule has 3 aliphatic rings. The summed E-state index contributed by atoms with van der Waals surface area (Å²) in [4.78, 5) is 16.0. The van der Waals surface area contributed by atoms with Crippen LogP contribution in [0.5, 0.6) is 11.5 Å². The number of nitrogens with zero attached hydrogens (tertiary/aromatic N) is 3. The Labute approximate surface area is 170 Å². The van der Waals surface area contributed by atoms with Crippen molar-refractivity contribution in [2.24, 2.45) is 11.0 Å². The van der Waals surface area contributed by atoms with Gasteiger partial charge in [0.15, 0.2) is 11.5 Å². The van der Waals surface area contributed by atoms with Crippen LogP contribution in [0.15, 0.2) is 53.6 Å². The number of piperidine rings is 1. The number of para-hydroxylation sites is 1. The summed E-state index contributed by atoms with van der Waals surface area (Å²) in [5.41, 5.74) is 2.74. The van der Waals surface area contributed by atoms with Gasteiger partial charge in [0, 0.05) is 0 Å². The van der Waals surface area contributed by atoms with Crippen LogP contribution in [0.25, 0.3) is 0 Å². The second-order valence-corrected chi connectivity index (χ2v) is 7.86. The molecule has 1 amide bonds. The molecule has 2 aromatic rings. The zero-order chi connectivity index (χ0) is 19.8. The van der Waals surface area contributed by atoms with Crippen molar-refractivity contribution in [3.8, 4) is 11.5 Å². The van der Waals surface area contributed by atoms with E-state index < -0.39 is 0 Å². The van der Waals surface area contributed by atoms with Gasteiger partial charge in [-0.15, -0.1) is 0 Å². The van der Waals surface area contributed by atoms with E-state index in [0.717, 1.165) is 54.4 Å². The lowest BCUT2D eigenvalue weighted by Crippen LogP contribution is -2.43. The Hall–Kier alpha value is -2.86. The van der Waals surface area contributed by atoms with Crippen LogP contribution in [0.3, 0.4) is 0 Å². The number of hydrazone groups is 1. The van der Waals surface area contributed by atoms with E-state index in [1.807, 2.05) is 49.4 Å². The monoisotopic (exact) mass is 391 g/mol. The number of likely N-dealkylation sites (tertiary alicyclic amines) is 1. The number of fused-ring (bicyclic) bond motifs is 1. The van der Waals surface area contributed by atoms with Gasteiger partial charge >= 0.3 is 0 Å². The fraction of sp³-hybridized carbons (Fsp3) is 0.391. The van der Waals surface area contributed by atoms with Crippen molar-refractivity contribution in [1.82, 2.24) is 4.90 Å². The Balaban J connectivity index is 1.53. The molecule has 3 aliphatic heterocycles. The summed E-state index contributed by atoms with van der Waals surface area (Å²) in [5.74, 6) is 1.24. The van der Waals surface area contributed by atoms with Crippen LogP contribution >= 0.6 is 0 Å². The molecule has 0 unspecified atom stereocenters. The van der Waals surface area contributed by atoms with Crippen molar-refractivity contribution >= 4 is 17.3 Å². The Kier molecular flexibility index (Phi) is 4.72. The van der Waals surface area contributed by atoms with Crippen LogP contribution in [-0.4, -0.2) is 36.4 Å². The maximum Gasteiger partial charge on any atom is 0.258 e. The average molecular weight is 391 g/mol. The lowest BCUT2D eigenvalue weighted by Gasteiger charge is -2.37.